The first kappa shape index (κ1) is 22.1. The number of nitrogens with one attached hydrogen (secondary N) is 1. The highest BCUT2D eigenvalue weighted by Gasteiger charge is 2.20. The molecule has 0 saturated carbocycles. The molecular weight excluding hydrogens is 475 g/mol. The van der Waals surface area contributed by atoms with Crippen molar-refractivity contribution < 1.29 is 4.79 Å². The number of anilines is 1. The summed E-state index contributed by atoms with van der Waals surface area (Å²) in [4.78, 5) is 17.4. The maximum Gasteiger partial charge on any atom is 0.262 e. The van der Waals surface area contributed by atoms with Crippen LogP contribution in [0.3, 0.4) is 0 Å². The number of hydrogen-bond acceptors (Lipinski definition) is 5. The lowest BCUT2D eigenvalue weighted by molar-refractivity contribution is 0.102. The minimum absolute atomic E-state index is 0.260. The number of benzene rings is 1. The lowest BCUT2D eigenvalue weighted by atomic mass is 10.2. The van der Waals surface area contributed by atoms with E-state index in [4.69, 9.17) is 23.2 Å². The number of carbonyl (C=O) groups is 1. The number of aryl methyl sites for hydroxylation is 2. The Balaban J connectivity index is 1.41. The van der Waals surface area contributed by atoms with Crippen LogP contribution in [-0.2, 0) is 13.1 Å². The van der Waals surface area contributed by atoms with E-state index in [-0.39, 0.29) is 5.82 Å². The van der Waals surface area contributed by atoms with Gasteiger partial charge in [-0.2, -0.15) is 15.3 Å². The van der Waals surface area contributed by atoms with Gasteiger partial charge in [0.1, 0.15) is 10.6 Å². The lowest BCUT2D eigenvalue weighted by Gasteiger charge is -2.04. The highest BCUT2D eigenvalue weighted by atomic mass is 35.5. The third-order valence-electron chi connectivity index (χ3n) is 5.40. The summed E-state index contributed by atoms with van der Waals surface area (Å²) in [5, 5.41) is 17.1. The lowest BCUT2D eigenvalue weighted by Crippen LogP contribution is -2.13. The second-order valence-electron chi connectivity index (χ2n) is 7.71. The Morgan fingerprint density at radius 2 is 1.85 bits per heavy atom. The molecule has 5 rings (SSSR count). The van der Waals surface area contributed by atoms with E-state index < -0.39 is 5.91 Å². The maximum atomic E-state index is 13.1. The van der Waals surface area contributed by atoms with Crippen molar-refractivity contribution in [2.24, 2.45) is 0 Å². The van der Waals surface area contributed by atoms with Crippen LogP contribution in [0.4, 0.5) is 5.82 Å². The fraction of sp³-hybridized carbons (Fsp3) is 0.174. The molecule has 0 aliphatic rings. The highest BCUT2D eigenvalue weighted by molar-refractivity contribution is 6.33. The molecule has 1 N–H and O–H groups in total. The SMILES string of the molecule is CCn1cc(-c2ccnc3c(C(=O)Nc4nn(Cc5ccc(Cl)cc5)cc4Cl)cnn23)c(C)n1. The molecule has 5 aromatic rings. The normalized spacial score (nSPS) is 11.3. The number of aromatic nitrogens is 7. The zero-order chi connectivity index (χ0) is 23.8. The van der Waals surface area contributed by atoms with Crippen LogP contribution in [0.25, 0.3) is 16.9 Å². The van der Waals surface area contributed by atoms with Crippen molar-refractivity contribution in [2.45, 2.75) is 26.9 Å². The molecule has 0 spiro atoms. The number of fused-ring (bicyclic) bond motifs is 1. The molecule has 9 nitrogen and oxygen atoms in total. The molecule has 0 saturated heterocycles. The molecule has 0 aliphatic carbocycles. The predicted octanol–water partition coefficient (Wildman–Crippen LogP) is 4.73. The fourth-order valence-electron chi connectivity index (χ4n) is 3.70. The molecule has 0 atom stereocenters. The van der Waals surface area contributed by atoms with Crippen LogP contribution in [0.2, 0.25) is 10.0 Å². The molecular formula is C23H20Cl2N8O. The quantitative estimate of drug-likeness (QED) is 0.368. The Bertz CT molecular complexity index is 1500. The van der Waals surface area contributed by atoms with Gasteiger partial charge in [0.25, 0.3) is 5.91 Å². The van der Waals surface area contributed by atoms with E-state index >= 15 is 0 Å². The molecule has 0 unspecified atom stereocenters. The van der Waals surface area contributed by atoms with Crippen LogP contribution in [0.15, 0.2) is 55.1 Å². The van der Waals surface area contributed by atoms with E-state index in [0.29, 0.717) is 27.8 Å². The van der Waals surface area contributed by atoms with Gasteiger partial charge in [-0.15, -0.1) is 0 Å². The molecule has 0 fully saturated rings. The molecule has 1 amide bonds. The van der Waals surface area contributed by atoms with Gasteiger partial charge in [0.15, 0.2) is 11.5 Å². The van der Waals surface area contributed by atoms with E-state index in [9.17, 15) is 4.79 Å². The van der Waals surface area contributed by atoms with Crippen LogP contribution in [0, 0.1) is 6.92 Å². The molecule has 0 bridgehead atoms. The molecule has 4 aromatic heterocycles. The summed E-state index contributed by atoms with van der Waals surface area (Å²) in [5.41, 5.74) is 4.33. The van der Waals surface area contributed by atoms with Gasteiger partial charge in [0, 0.05) is 35.7 Å². The predicted molar refractivity (Wildman–Crippen MR) is 130 cm³/mol. The van der Waals surface area contributed by atoms with Gasteiger partial charge in [0.05, 0.1) is 24.1 Å². The van der Waals surface area contributed by atoms with Gasteiger partial charge in [-0.25, -0.2) is 9.50 Å². The largest absolute Gasteiger partial charge is 0.304 e. The van der Waals surface area contributed by atoms with E-state index in [1.165, 1.54) is 6.20 Å². The van der Waals surface area contributed by atoms with Crippen molar-refractivity contribution in [3.05, 3.63) is 82.0 Å². The number of nitrogens with zero attached hydrogens (tertiary/aromatic N) is 7. The van der Waals surface area contributed by atoms with E-state index in [2.05, 4.69) is 25.6 Å². The summed E-state index contributed by atoms with van der Waals surface area (Å²) in [6, 6.07) is 9.29. The third kappa shape index (κ3) is 4.15. The average Bonchev–Trinajstić information content (AvgIpc) is 3.52. The van der Waals surface area contributed by atoms with Crippen molar-refractivity contribution in [1.82, 2.24) is 34.2 Å². The second-order valence-corrected chi connectivity index (χ2v) is 8.56. The Morgan fingerprint density at radius 3 is 2.59 bits per heavy atom. The van der Waals surface area contributed by atoms with E-state index in [1.807, 2.05) is 55.1 Å². The van der Waals surface area contributed by atoms with E-state index in [0.717, 1.165) is 29.1 Å². The van der Waals surface area contributed by atoms with Gasteiger partial charge in [-0.3, -0.25) is 14.2 Å². The second kappa shape index (κ2) is 8.92. The first-order valence-corrected chi connectivity index (χ1v) is 11.3. The van der Waals surface area contributed by atoms with Crippen LogP contribution in [0.1, 0.15) is 28.5 Å². The number of hydrogen-bond donors (Lipinski definition) is 1. The topological polar surface area (TPSA) is 94.9 Å². The molecule has 0 aliphatic heterocycles. The highest BCUT2D eigenvalue weighted by Crippen LogP contribution is 2.25. The van der Waals surface area contributed by atoms with Crippen molar-refractivity contribution in [3.63, 3.8) is 0 Å². The molecule has 4 heterocycles. The summed E-state index contributed by atoms with van der Waals surface area (Å²) < 4.78 is 5.15. The Morgan fingerprint density at radius 1 is 1.06 bits per heavy atom. The number of rotatable bonds is 6. The van der Waals surface area contributed by atoms with Crippen LogP contribution < -0.4 is 5.32 Å². The maximum absolute atomic E-state index is 13.1. The standard InChI is InChI=1S/C23H20Cl2N8O/c1-3-31-12-18(14(2)29-31)20-8-9-26-22-17(10-27-33(20)22)23(34)28-21-19(25)13-32(30-21)11-15-4-6-16(24)7-5-15/h4-10,12-13H,3,11H2,1-2H3,(H,28,30,34). The Labute approximate surface area is 204 Å². The van der Waals surface area contributed by atoms with Crippen LogP contribution in [-0.4, -0.2) is 40.1 Å². The smallest absolute Gasteiger partial charge is 0.262 e. The van der Waals surface area contributed by atoms with E-state index in [1.54, 1.807) is 21.6 Å². The van der Waals surface area contributed by atoms with Gasteiger partial charge < -0.3 is 5.32 Å². The van der Waals surface area contributed by atoms with Gasteiger partial charge in [0.2, 0.25) is 0 Å². The van der Waals surface area contributed by atoms with Crippen molar-refractivity contribution >= 4 is 40.6 Å². The van der Waals surface area contributed by atoms with Crippen molar-refractivity contribution in [2.75, 3.05) is 5.32 Å². The number of carbonyl (C=O) groups excluding carboxylic acids is 1. The summed E-state index contributed by atoms with van der Waals surface area (Å²) in [6.07, 6.45) is 6.75. The Kier molecular flexibility index (Phi) is 5.80. The first-order chi connectivity index (χ1) is 16.4. The van der Waals surface area contributed by atoms with Crippen LogP contribution >= 0.6 is 23.2 Å². The third-order valence-corrected chi connectivity index (χ3v) is 5.93. The monoisotopic (exact) mass is 494 g/mol. The zero-order valence-electron chi connectivity index (χ0n) is 18.4. The van der Waals surface area contributed by atoms with Gasteiger partial charge in [-0.05, 0) is 37.6 Å². The molecule has 1 aromatic carbocycles. The zero-order valence-corrected chi connectivity index (χ0v) is 19.9. The number of amides is 1. The van der Waals surface area contributed by atoms with Gasteiger partial charge in [-0.1, -0.05) is 35.3 Å². The minimum Gasteiger partial charge on any atom is -0.304 e. The van der Waals surface area contributed by atoms with Gasteiger partial charge >= 0.3 is 0 Å². The summed E-state index contributed by atoms with van der Waals surface area (Å²) in [5.74, 6) is -0.143. The van der Waals surface area contributed by atoms with Crippen molar-refractivity contribution in [3.8, 4) is 11.3 Å². The molecule has 11 heteroatoms. The molecule has 0 radical (unpaired) electrons. The molecule has 172 valence electrons. The minimum atomic E-state index is -0.403. The summed E-state index contributed by atoms with van der Waals surface area (Å²) >= 11 is 12.3. The average molecular weight is 495 g/mol. The summed E-state index contributed by atoms with van der Waals surface area (Å²) in [7, 11) is 0. The fourth-order valence-corrected chi connectivity index (χ4v) is 4.03. The van der Waals surface area contributed by atoms with Crippen molar-refractivity contribution in [1.29, 1.82) is 0 Å². The molecule has 34 heavy (non-hydrogen) atoms. The van der Waals surface area contributed by atoms with Crippen LogP contribution in [0.5, 0.6) is 0 Å². The first-order valence-electron chi connectivity index (χ1n) is 10.6. The Hall–Kier alpha value is -3.69. The number of halogens is 2. The summed E-state index contributed by atoms with van der Waals surface area (Å²) in [6.45, 7) is 5.20.